The van der Waals surface area contributed by atoms with Crippen LogP contribution in [0, 0.1) is 13.7 Å². The fraction of sp³-hybridized carbons (Fsp3) is 0.385. The maximum Gasteiger partial charge on any atom is 0.303 e. The molecule has 1 aromatic rings. The van der Waals surface area contributed by atoms with Crippen LogP contribution in [0.2, 0.25) is 0 Å². The van der Waals surface area contributed by atoms with Crippen LogP contribution in [0.4, 0.5) is 5.69 Å². The Morgan fingerprint density at radius 1 is 1.43 bits per heavy atom. The van der Waals surface area contributed by atoms with Crippen LogP contribution in [0.5, 0.6) is 0 Å². The number of carboxylic acid groups (broad SMARTS) is 1. The van der Waals surface area contributed by atoms with Crippen molar-refractivity contribution in [3.63, 3.8) is 0 Å². The second kappa shape index (κ2) is 6.83. The third-order valence-corrected chi connectivity index (χ3v) is 3.76. The molecular weight excluding hydrogens is 391 g/mol. The van der Waals surface area contributed by atoms with Crippen LogP contribution < -0.4 is 5.32 Å². The van der Waals surface area contributed by atoms with Crippen LogP contribution in [0.15, 0.2) is 18.2 Å². The zero-order valence-corrected chi connectivity index (χ0v) is 13.7. The first-order valence-electron chi connectivity index (χ1n) is 6.10. The molecule has 0 saturated carbocycles. The quantitative estimate of drug-likeness (QED) is 0.429. The van der Waals surface area contributed by atoms with Gasteiger partial charge in [-0.2, -0.15) is 0 Å². The first-order chi connectivity index (χ1) is 9.62. The van der Waals surface area contributed by atoms with Gasteiger partial charge in [0.25, 0.3) is 11.6 Å². The molecule has 2 N–H and O–H groups in total. The summed E-state index contributed by atoms with van der Waals surface area (Å²) >= 11 is 1.92. The lowest BCUT2D eigenvalue weighted by Crippen LogP contribution is -2.44. The lowest BCUT2D eigenvalue weighted by Gasteiger charge is -2.25. The van der Waals surface area contributed by atoms with Gasteiger partial charge >= 0.3 is 5.97 Å². The number of amides is 1. The summed E-state index contributed by atoms with van der Waals surface area (Å²) in [5, 5.41) is 22.1. The van der Waals surface area contributed by atoms with E-state index >= 15 is 0 Å². The van der Waals surface area contributed by atoms with E-state index in [-0.39, 0.29) is 24.1 Å². The highest BCUT2D eigenvalue weighted by molar-refractivity contribution is 14.1. The second-order valence-corrected chi connectivity index (χ2v) is 6.32. The maximum absolute atomic E-state index is 12.2. The number of halogens is 1. The Morgan fingerprint density at radius 2 is 2.05 bits per heavy atom. The number of carbonyl (C=O) groups is 2. The Morgan fingerprint density at radius 3 is 2.57 bits per heavy atom. The number of carboxylic acids is 1. The minimum atomic E-state index is -0.942. The summed E-state index contributed by atoms with van der Waals surface area (Å²) in [4.78, 5) is 33.0. The smallest absolute Gasteiger partial charge is 0.303 e. The maximum atomic E-state index is 12.2. The average molecular weight is 406 g/mol. The molecule has 1 amide bonds. The standard InChI is InChI=1S/C13H15IN2O5/c1-13(2,6-5-11(17)18)15-12(19)9-7-8(16(20)21)3-4-10(9)14/h3-4,7H,5-6H2,1-2H3,(H,15,19)(H,17,18). The van der Waals surface area contributed by atoms with E-state index in [1.165, 1.54) is 18.2 Å². The van der Waals surface area contributed by atoms with Gasteiger partial charge in [0, 0.05) is 27.7 Å². The molecule has 21 heavy (non-hydrogen) atoms. The van der Waals surface area contributed by atoms with Crippen molar-refractivity contribution < 1.29 is 19.6 Å². The number of nitro benzene ring substituents is 1. The van der Waals surface area contributed by atoms with Gasteiger partial charge in [0.2, 0.25) is 0 Å². The number of benzene rings is 1. The SMILES string of the molecule is CC(C)(CCC(=O)O)NC(=O)c1cc([N+](=O)[O-])ccc1I. The number of aliphatic carboxylic acids is 1. The third-order valence-electron chi connectivity index (χ3n) is 2.82. The van der Waals surface area contributed by atoms with E-state index in [1.807, 2.05) is 22.6 Å². The average Bonchev–Trinajstić information content (AvgIpc) is 2.36. The van der Waals surface area contributed by atoms with Crippen LogP contribution in [0.25, 0.3) is 0 Å². The number of nitrogens with zero attached hydrogens (tertiary/aromatic N) is 1. The normalized spacial score (nSPS) is 11.0. The summed E-state index contributed by atoms with van der Waals surface area (Å²) in [6, 6.07) is 4.04. The van der Waals surface area contributed by atoms with Crippen molar-refractivity contribution in [1.82, 2.24) is 5.32 Å². The molecule has 0 bridgehead atoms. The number of carbonyl (C=O) groups excluding carboxylic acids is 1. The molecule has 0 aliphatic rings. The molecule has 0 heterocycles. The van der Waals surface area contributed by atoms with E-state index in [4.69, 9.17) is 5.11 Å². The molecule has 0 aliphatic heterocycles. The van der Waals surface area contributed by atoms with Crippen molar-refractivity contribution in [2.24, 2.45) is 0 Å². The van der Waals surface area contributed by atoms with Crippen LogP contribution in [-0.2, 0) is 4.79 Å². The van der Waals surface area contributed by atoms with Gasteiger partial charge in [0.15, 0.2) is 0 Å². The molecule has 114 valence electrons. The summed E-state index contributed by atoms with van der Waals surface area (Å²) in [7, 11) is 0. The molecule has 0 aliphatic carbocycles. The first-order valence-corrected chi connectivity index (χ1v) is 7.18. The molecule has 1 rings (SSSR count). The van der Waals surface area contributed by atoms with Crippen LogP contribution in [0.3, 0.4) is 0 Å². The van der Waals surface area contributed by atoms with Crippen molar-refractivity contribution in [2.45, 2.75) is 32.2 Å². The molecule has 0 radical (unpaired) electrons. The molecule has 1 aromatic carbocycles. The van der Waals surface area contributed by atoms with Gasteiger partial charge in [0.05, 0.1) is 10.5 Å². The predicted molar refractivity (Wildman–Crippen MR) is 84.2 cm³/mol. The van der Waals surface area contributed by atoms with Gasteiger partial charge in [-0.05, 0) is 48.9 Å². The molecule has 0 unspecified atom stereocenters. The Labute approximate surface area is 135 Å². The Bertz CT molecular complexity index is 586. The summed E-state index contributed by atoms with van der Waals surface area (Å²) in [5.74, 6) is -1.40. The van der Waals surface area contributed by atoms with Gasteiger partial charge in [-0.15, -0.1) is 0 Å². The number of nitro groups is 1. The fourth-order valence-electron chi connectivity index (χ4n) is 1.66. The minimum absolute atomic E-state index is 0.0701. The zero-order chi connectivity index (χ0) is 16.2. The lowest BCUT2D eigenvalue weighted by atomic mass is 9.97. The molecule has 0 fully saturated rings. The highest BCUT2D eigenvalue weighted by Crippen LogP contribution is 2.21. The lowest BCUT2D eigenvalue weighted by molar-refractivity contribution is -0.384. The van der Waals surface area contributed by atoms with Gasteiger partial charge < -0.3 is 10.4 Å². The number of hydrogen-bond acceptors (Lipinski definition) is 4. The van der Waals surface area contributed by atoms with Crippen LogP contribution in [-0.4, -0.2) is 27.4 Å². The highest BCUT2D eigenvalue weighted by Gasteiger charge is 2.24. The number of nitrogens with one attached hydrogen (secondary N) is 1. The number of non-ortho nitro benzene ring substituents is 1. The Balaban J connectivity index is 2.91. The summed E-state index contributed by atoms with van der Waals surface area (Å²) < 4.78 is 0.588. The number of hydrogen-bond donors (Lipinski definition) is 2. The predicted octanol–water partition coefficient (Wildman–Crippen LogP) is 2.57. The fourth-order valence-corrected chi connectivity index (χ4v) is 2.24. The first kappa shape index (κ1) is 17.3. The third kappa shape index (κ3) is 5.29. The van der Waals surface area contributed by atoms with E-state index in [1.54, 1.807) is 13.8 Å². The van der Waals surface area contributed by atoms with Gasteiger partial charge in [-0.3, -0.25) is 19.7 Å². The Hall–Kier alpha value is -1.71. The highest BCUT2D eigenvalue weighted by atomic mass is 127. The van der Waals surface area contributed by atoms with Gasteiger partial charge in [-0.25, -0.2) is 0 Å². The molecule has 8 heteroatoms. The van der Waals surface area contributed by atoms with E-state index < -0.39 is 22.3 Å². The topological polar surface area (TPSA) is 110 Å². The summed E-state index contributed by atoms with van der Waals surface area (Å²) in [6.07, 6.45) is 0.193. The van der Waals surface area contributed by atoms with Crippen LogP contribution in [0.1, 0.15) is 37.0 Å². The van der Waals surface area contributed by atoms with E-state index in [9.17, 15) is 19.7 Å². The minimum Gasteiger partial charge on any atom is -0.481 e. The van der Waals surface area contributed by atoms with E-state index in [0.717, 1.165) is 0 Å². The second-order valence-electron chi connectivity index (χ2n) is 5.15. The van der Waals surface area contributed by atoms with Crippen molar-refractivity contribution in [2.75, 3.05) is 0 Å². The Kier molecular flexibility index (Phi) is 5.64. The molecule has 0 saturated heterocycles. The monoisotopic (exact) mass is 406 g/mol. The molecule has 0 spiro atoms. The summed E-state index contributed by atoms with van der Waals surface area (Å²) in [6.45, 7) is 3.41. The molecule has 0 aromatic heterocycles. The van der Waals surface area contributed by atoms with E-state index in [0.29, 0.717) is 3.57 Å². The zero-order valence-electron chi connectivity index (χ0n) is 11.6. The van der Waals surface area contributed by atoms with Crippen LogP contribution >= 0.6 is 22.6 Å². The molecule has 0 atom stereocenters. The largest absolute Gasteiger partial charge is 0.481 e. The van der Waals surface area contributed by atoms with Crippen molar-refractivity contribution in [3.05, 3.63) is 37.4 Å². The van der Waals surface area contributed by atoms with Gasteiger partial charge in [-0.1, -0.05) is 0 Å². The van der Waals surface area contributed by atoms with E-state index in [2.05, 4.69) is 5.32 Å². The molecule has 7 nitrogen and oxygen atoms in total. The van der Waals surface area contributed by atoms with Crippen molar-refractivity contribution in [1.29, 1.82) is 0 Å². The van der Waals surface area contributed by atoms with Gasteiger partial charge in [0.1, 0.15) is 0 Å². The van der Waals surface area contributed by atoms with Crippen molar-refractivity contribution in [3.8, 4) is 0 Å². The molecular formula is C13H15IN2O5. The number of rotatable bonds is 6. The summed E-state index contributed by atoms with van der Waals surface area (Å²) in [5.41, 5.74) is -0.680. The van der Waals surface area contributed by atoms with Crippen molar-refractivity contribution >= 4 is 40.2 Å².